The van der Waals surface area contributed by atoms with E-state index in [9.17, 15) is 9.59 Å². The van der Waals surface area contributed by atoms with Gasteiger partial charge in [-0.1, -0.05) is 61.9 Å². The number of fused-ring (bicyclic) bond motifs is 1. The predicted molar refractivity (Wildman–Crippen MR) is 129 cm³/mol. The Morgan fingerprint density at radius 1 is 1.09 bits per heavy atom. The molecule has 0 spiro atoms. The Hall–Kier alpha value is -3.25. The first-order valence-electron chi connectivity index (χ1n) is 11.9. The molecule has 0 aliphatic carbocycles. The van der Waals surface area contributed by atoms with E-state index in [1.54, 1.807) is 11.1 Å². The lowest BCUT2D eigenvalue weighted by molar-refractivity contribution is -0.135. The third-order valence-electron chi connectivity index (χ3n) is 6.86. The van der Waals surface area contributed by atoms with Crippen LogP contribution < -0.4 is 5.63 Å². The minimum atomic E-state index is -0.421. The molecule has 170 valence electrons. The van der Waals surface area contributed by atoms with Crippen molar-refractivity contribution in [2.75, 3.05) is 13.1 Å². The van der Waals surface area contributed by atoms with Gasteiger partial charge >= 0.3 is 5.63 Å². The van der Waals surface area contributed by atoms with Crippen molar-refractivity contribution in [1.82, 2.24) is 9.91 Å². The summed E-state index contributed by atoms with van der Waals surface area (Å²) in [7, 11) is 0. The second-order valence-electron chi connectivity index (χ2n) is 8.93. The number of para-hydroxylation sites is 1. The molecule has 1 aromatic heterocycles. The van der Waals surface area contributed by atoms with Crippen molar-refractivity contribution >= 4 is 22.6 Å². The molecular weight excluding hydrogens is 414 g/mol. The van der Waals surface area contributed by atoms with E-state index in [1.807, 2.05) is 54.6 Å². The predicted octanol–water partition coefficient (Wildman–Crippen LogP) is 4.74. The van der Waals surface area contributed by atoms with Gasteiger partial charge in [-0.3, -0.25) is 9.69 Å². The van der Waals surface area contributed by atoms with Crippen LogP contribution in [0.2, 0.25) is 0 Å². The van der Waals surface area contributed by atoms with E-state index in [1.165, 1.54) is 6.42 Å². The normalized spacial score (nSPS) is 21.4. The van der Waals surface area contributed by atoms with E-state index in [0.29, 0.717) is 35.9 Å². The lowest BCUT2D eigenvalue weighted by Crippen LogP contribution is -2.45. The van der Waals surface area contributed by atoms with Gasteiger partial charge in [0.05, 0.1) is 23.9 Å². The molecule has 6 nitrogen and oxygen atoms in total. The Bertz CT molecular complexity index is 1230. The maximum atomic E-state index is 13.5. The van der Waals surface area contributed by atoms with Crippen LogP contribution in [0.25, 0.3) is 11.0 Å². The van der Waals surface area contributed by atoms with Gasteiger partial charge in [0, 0.05) is 17.8 Å². The molecular formula is C27H29N3O3. The highest BCUT2D eigenvalue weighted by molar-refractivity contribution is 6.04. The Morgan fingerprint density at radius 3 is 2.70 bits per heavy atom. The minimum absolute atomic E-state index is 0.0237. The maximum absolute atomic E-state index is 13.5. The second-order valence-corrected chi connectivity index (χ2v) is 8.93. The van der Waals surface area contributed by atoms with Crippen LogP contribution in [0.5, 0.6) is 0 Å². The Kier molecular flexibility index (Phi) is 6.09. The van der Waals surface area contributed by atoms with Gasteiger partial charge in [0.25, 0.3) is 5.91 Å². The zero-order chi connectivity index (χ0) is 22.8. The summed E-state index contributed by atoms with van der Waals surface area (Å²) in [6.45, 7) is 3.48. The molecule has 2 aromatic carbocycles. The lowest BCUT2D eigenvalue weighted by atomic mass is 9.98. The number of piperidine rings is 1. The van der Waals surface area contributed by atoms with Gasteiger partial charge in [-0.25, -0.2) is 9.80 Å². The minimum Gasteiger partial charge on any atom is -0.422 e. The van der Waals surface area contributed by atoms with Gasteiger partial charge in [-0.2, -0.15) is 5.10 Å². The van der Waals surface area contributed by atoms with E-state index >= 15 is 0 Å². The fraction of sp³-hybridized carbons (Fsp3) is 0.370. The van der Waals surface area contributed by atoms with E-state index < -0.39 is 5.63 Å². The number of hydrogen-bond acceptors (Lipinski definition) is 5. The van der Waals surface area contributed by atoms with Gasteiger partial charge in [-0.15, -0.1) is 0 Å². The van der Waals surface area contributed by atoms with Crippen LogP contribution >= 0.6 is 0 Å². The van der Waals surface area contributed by atoms with Crippen molar-refractivity contribution in [3.05, 3.63) is 82.2 Å². The summed E-state index contributed by atoms with van der Waals surface area (Å²) in [6, 6.07) is 19.4. The molecule has 0 bridgehead atoms. The molecule has 1 amide bonds. The van der Waals surface area contributed by atoms with Crippen molar-refractivity contribution in [2.45, 2.75) is 51.1 Å². The van der Waals surface area contributed by atoms with Crippen LogP contribution in [0.4, 0.5) is 0 Å². The first-order chi connectivity index (χ1) is 16.1. The number of hydrazone groups is 1. The quantitative estimate of drug-likeness (QED) is 0.535. The van der Waals surface area contributed by atoms with E-state index in [2.05, 4.69) is 11.8 Å². The largest absolute Gasteiger partial charge is 0.422 e. The van der Waals surface area contributed by atoms with Crippen molar-refractivity contribution in [3.8, 4) is 0 Å². The highest BCUT2D eigenvalue weighted by Gasteiger charge is 2.35. The topological polar surface area (TPSA) is 66.1 Å². The lowest BCUT2D eigenvalue weighted by Gasteiger charge is -2.35. The van der Waals surface area contributed by atoms with Crippen LogP contribution in [0.3, 0.4) is 0 Å². The molecule has 2 unspecified atom stereocenters. The first kappa shape index (κ1) is 21.6. The molecule has 1 saturated heterocycles. The third kappa shape index (κ3) is 4.35. The van der Waals surface area contributed by atoms with Crippen molar-refractivity contribution < 1.29 is 9.21 Å². The number of hydrogen-bond donors (Lipinski definition) is 0. The smallest absolute Gasteiger partial charge is 0.345 e. The Morgan fingerprint density at radius 2 is 1.88 bits per heavy atom. The van der Waals surface area contributed by atoms with Crippen LogP contribution in [0.15, 0.2) is 75.0 Å². The standard InChI is InChI=1S/C27H29N3O3/c1-2-21-13-8-9-15-29(21)18-26(31)30-24(19-10-4-3-5-11-19)17-23(28-30)22-16-20-12-6-7-14-25(20)33-27(22)32/h3-7,10-12,14,16,21,24H,2,8-9,13,15,17-18H2,1H3. The van der Waals surface area contributed by atoms with Gasteiger partial charge in [0.2, 0.25) is 0 Å². The fourth-order valence-corrected chi connectivity index (χ4v) is 5.08. The van der Waals surface area contributed by atoms with Crippen LogP contribution in [0.1, 0.15) is 56.2 Å². The molecule has 3 heterocycles. The van der Waals surface area contributed by atoms with Crippen LogP contribution in [0, 0.1) is 0 Å². The SMILES string of the molecule is CCC1CCCCN1CC(=O)N1N=C(c2cc3ccccc3oc2=O)CC1c1ccccc1. The number of likely N-dealkylation sites (tertiary alicyclic amines) is 1. The molecule has 2 aliphatic rings. The van der Waals surface area contributed by atoms with Crippen LogP contribution in [-0.4, -0.2) is 40.7 Å². The average Bonchev–Trinajstić information content (AvgIpc) is 3.30. The van der Waals surface area contributed by atoms with Crippen molar-refractivity contribution in [1.29, 1.82) is 0 Å². The molecule has 0 saturated carbocycles. The monoisotopic (exact) mass is 443 g/mol. The molecule has 2 aliphatic heterocycles. The van der Waals surface area contributed by atoms with Crippen molar-refractivity contribution in [3.63, 3.8) is 0 Å². The highest BCUT2D eigenvalue weighted by Crippen LogP contribution is 2.33. The average molecular weight is 444 g/mol. The molecule has 5 rings (SSSR count). The number of carbonyl (C=O) groups excluding carboxylic acids is 1. The molecule has 33 heavy (non-hydrogen) atoms. The second kappa shape index (κ2) is 9.32. The fourth-order valence-electron chi connectivity index (χ4n) is 5.08. The van der Waals surface area contributed by atoms with Crippen molar-refractivity contribution in [2.24, 2.45) is 5.10 Å². The Balaban J connectivity index is 1.49. The number of amides is 1. The summed E-state index contributed by atoms with van der Waals surface area (Å²) >= 11 is 0. The maximum Gasteiger partial charge on any atom is 0.345 e. The van der Waals surface area contributed by atoms with Gasteiger partial charge < -0.3 is 4.42 Å². The van der Waals surface area contributed by atoms with Crippen LogP contribution in [-0.2, 0) is 4.79 Å². The molecule has 0 N–H and O–H groups in total. The summed E-state index contributed by atoms with van der Waals surface area (Å²) in [4.78, 5) is 28.6. The number of nitrogens with zero attached hydrogens (tertiary/aromatic N) is 3. The first-order valence-corrected chi connectivity index (χ1v) is 11.9. The highest BCUT2D eigenvalue weighted by atomic mass is 16.4. The molecule has 1 fully saturated rings. The van der Waals surface area contributed by atoms with Gasteiger partial charge in [0.15, 0.2) is 0 Å². The third-order valence-corrected chi connectivity index (χ3v) is 6.86. The Labute approximate surface area is 193 Å². The summed E-state index contributed by atoms with van der Waals surface area (Å²) in [5, 5.41) is 7.15. The zero-order valence-electron chi connectivity index (χ0n) is 18.9. The summed E-state index contributed by atoms with van der Waals surface area (Å²) in [6.07, 6.45) is 5.01. The van der Waals surface area contributed by atoms with Gasteiger partial charge in [-0.05, 0) is 43.5 Å². The molecule has 6 heteroatoms. The number of carbonyl (C=O) groups is 1. The number of benzene rings is 2. The number of rotatable bonds is 5. The summed E-state index contributed by atoms with van der Waals surface area (Å²) in [5.41, 5.74) is 2.17. The molecule has 3 aromatic rings. The zero-order valence-corrected chi connectivity index (χ0v) is 18.9. The van der Waals surface area contributed by atoms with E-state index in [4.69, 9.17) is 9.52 Å². The summed E-state index contributed by atoms with van der Waals surface area (Å²) in [5.74, 6) is -0.0237. The molecule has 2 atom stereocenters. The summed E-state index contributed by atoms with van der Waals surface area (Å²) < 4.78 is 5.54. The van der Waals surface area contributed by atoms with E-state index in [-0.39, 0.29) is 11.9 Å². The van der Waals surface area contributed by atoms with E-state index in [0.717, 1.165) is 36.8 Å². The molecule has 0 radical (unpaired) electrons. The van der Waals surface area contributed by atoms with Gasteiger partial charge in [0.1, 0.15) is 5.58 Å².